The standard InChI is InChI=1S/C10H21N3O3.C4F6O2/c1-6(2)4-8(10(15)16-3)13-9(14)7(12)5-11;5-3(6,7)1(11)2(12)4(8,9)10/h6-8H,4-5,11-12H2,1-3H3,(H,13,14);/t7-,8-;/m0./s1. The van der Waals surface area contributed by atoms with Crippen molar-refractivity contribution in [2.75, 3.05) is 13.7 Å². The Morgan fingerprint density at radius 1 is 0.964 bits per heavy atom. The minimum atomic E-state index is -5.77. The van der Waals surface area contributed by atoms with Crippen LogP contribution in [-0.4, -0.2) is 61.5 Å². The van der Waals surface area contributed by atoms with Crippen molar-refractivity contribution in [1.82, 2.24) is 5.32 Å². The van der Waals surface area contributed by atoms with Crippen LogP contribution in [0.2, 0.25) is 0 Å². The van der Waals surface area contributed by atoms with Gasteiger partial charge >= 0.3 is 29.9 Å². The SMILES string of the molecule is COC(=O)[C@H](CC(C)C)NC(=O)[C@@H](N)CN.O=C(C(=O)C(F)(F)F)C(F)(F)F. The van der Waals surface area contributed by atoms with Crippen LogP contribution in [0, 0.1) is 5.92 Å². The van der Waals surface area contributed by atoms with Crippen LogP contribution in [0.4, 0.5) is 26.3 Å². The van der Waals surface area contributed by atoms with Crippen molar-refractivity contribution in [2.45, 2.75) is 44.7 Å². The molecule has 0 aliphatic carbocycles. The molecule has 5 N–H and O–H groups in total. The number of hydrogen-bond acceptors (Lipinski definition) is 7. The molecule has 0 unspecified atom stereocenters. The maximum atomic E-state index is 11.5. The zero-order valence-electron chi connectivity index (χ0n) is 15.1. The lowest BCUT2D eigenvalue weighted by Gasteiger charge is -2.19. The van der Waals surface area contributed by atoms with E-state index in [1.165, 1.54) is 7.11 Å². The average Bonchev–Trinajstić information content (AvgIpc) is 2.56. The molecule has 164 valence electrons. The molecule has 0 saturated carbocycles. The Labute approximate surface area is 155 Å². The van der Waals surface area contributed by atoms with E-state index in [1.54, 1.807) is 0 Å². The summed E-state index contributed by atoms with van der Waals surface area (Å²) in [4.78, 5) is 42.1. The van der Waals surface area contributed by atoms with Crippen LogP contribution in [0.15, 0.2) is 0 Å². The largest absolute Gasteiger partial charge is 0.467 e. The number of ketones is 2. The number of ether oxygens (including phenoxy) is 1. The summed E-state index contributed by atoms with van der Waals surface area (Å²) in [7, 11) is 1.28. The average molecular weight is 425 g/mol. The zero-order chi connectivity index (χ0) is 22.9. The van der Waals surface area contributed by atoms with E-state index < -0.39 is 47.9 Å². The molecule has 0 aromatic heterocycles. The molecular weight excluding hydrogens is 404 g/mol. The molecule has 0 aliphatic rings. The summed E-state index contributed by atoms with van der Waals surface area (Å²) in [5, 5.41) is 2.53. The van der Waals surface area contributed by atoms with E-state index in [9.17, 15) is 45.5 Å². The first-order chi connectivity index (χ1) is 12.5. The second kappa shape index (κ2) is 11.6. The Kier molecular flexibility index (Phi) is 11.6. The highest BCUT2D eigenvalue weighted by Crippen LogP contribution is 2.24. The maximum Gasteiger partial charge on any atom is 0.458 e. The molecule has 28 heavy (non-hydrogen) atoms. The van der Waals surface area contributed by atoms with Crippen molar-refractivity contribution in [1.29, 1.82) is 0 Å². The van der Waals surface area contributed by atoms with Crippen LogP contribution in [0.3, 0.4) is 0 Å². The summed E-state index contributed by atoms with van der Waals surface area (Å²) in [6.07, 6.45) is -11.0. The minimum absolute atomic E-state index is 0.0431. The van der Waals surface area contributed by atoms with Crippen molar-refractivity contribution in [2.24, 2.45) is 17.4 Å². The zero-order valence-corrected chi connectivity index (χ0v) is 15.1. The Morgan fingerprint density at radius 3 is 1.61 bits per heavy atom. The lowest BCUT2D eigenvalue weighted by Crippen LogP contribution is -2.51. The Hall–Kier alpha value is -2.22. The highest BCUT2D eigenvalue weighted by atomic mass is 19.4. The predicted molar refractivity (Wildman–Crippen MR) is 82.6 cm³/mol. The summed E-state index contributed by atoms with van der Waals surface area (Å²) in [5.74, 6) is -7.45. The van der Waals surface area contributed by atoms with Gasteiger partial charge in [0.05, 0.1) is 13.2 Å². The van der Waals surface area contributed by atoms with Gasteiger partial charge in [0.25, 0.3) is 0 Å². The molecule has 0 aromatic carbocycles. The number of halogens is 6. The fraction of sp³-hybridized carbons (Fsp3) is 0.714. The van der Waals surface area contributed by atoms with E-state index in [-0.39, 0.29) is 12.5 Å². The number of nitrogens with two attached hydrogens (primary N) is 2. The molecule has 0 spiro atoms. The molecule has 2 atom stereocenters. The van der Waals surface area contributed by atoms with Crippen LogP contribution < -0.4 is 16.8 Å². The molecule has 14 heteroatoms. The molecule has 0 saturated heterocycles. The Balaban J connectivity index is 0. The monoisotopic (exact) mass is 425 g/mol. The van der Waals surface area contributed by atoms with Crippen molar-refractivity contribution in [3.8, 4) is 0 Å². The third kappa shape index (κ3) is 10.8. The first-order valence-electron chi connectivity index (χ1n) is 7.55. The number of hydrogen-bond donors (Lipinski definition) is 3. The van der Waals surface area contributed by atoms with E-state index in [0.29, 0.717) is 6.42 Å². The van der Waals surface area contributed by atoms with E-state index in [1.807, 2.05) is 13.8 Å². The van der Waals surface area contributed by atoms with Gasteiger partial charge in [0.1, 0.15) is 6.04 Å². The van der Waals surface area contributed by atoms with Gasteiger partial charge in [0, 0.05) is 6.54 Å². The minimum Gasteiger partial charge on any atom is -0.467 e. The second-order valence-corrected chi connectivity index (χ2v) is 5.71. The van der Waals surface area contributed by atoms with Crippen LogP contribution in [0.5, 0.6) is 0 Å². The Morgan fingerprint density at radius 2 is 1.36 bits per heavy atom. The molecule has 0 fully saturated rings. The molecule has 0 aromatic rings. The van der Waals surface area contributed by atoms with Crippen LogP contribution >= 0.6 is 0 Å². The number of carbonyl (C=O) groups excluding carboxylic acids is 4. The van der Waals surface area contributed by atoms with Crippen LogP contribution in [0.1, 0.15) is 20.3 Å². The van der Waals surface area contributed by atoms with Gasteiger partial charge in [-0.2, -0.15) is 26.3 Å². The smallest absolute Gasteiger partial charge is 0.458 e. The second-order valence-electron chi connectivity index (χ2n) is 5.71. The fourth-order valence-corrected chi connectivity index (χ4v) is 1.47. The normalized spacial score (nSPS) is 13.7. The third-order valence-corrected chi connectivity index (χ3v) is 2.82. The first-order valence-corrected chi connectivity index (χ1v) is 7.55. The van der Waals surface area contributed by atoms with Crippen molar-refractivity contribution in [3.05, 3.63) is 0 Å². The van der Waals surface area contributed by atoms with Crippen molar-refractivity contribution >= 4 is 23.4 Å². The molecule has 0 rings (SSSR count). The van der Waals surface area contributed by atoms with Gasteiger partial charge in [-0.15, -0.1) is 0 Å². The maximum absolute atomic E-state index is 11.5. The van der Waals surface area contributed by atoms with E-state index in [0.717, 1.165) is 0 Å². The summed E-state index contributed by atoms with van der Waals surface area (Å²) >= 11 is 0. The predicted octanol–water partition coefficient (Wildman–Crippen LogP) is 0.226. The number of Topliss-reactive ketones (excluding diaryl/α,β-unsaturated/α-hetero) is 2. The van der Waals surface area contributed by atoms with Gasteiger partial charge in [-0.3, -0.25) is 14.4 Å². The van der Waals surface area contributed by atoms with Gasteiger partial charge in [0.15, 0.2) is 0 Å². The topological polar surface area (TPSA) is 142 Å². The van der Waals surface area contributed by atoms with Crippen LogP contribution in [0.25, 0.3) is 0 Å². The first kappa shape index (κ1) is 28.0. The molecular formula is C14H21F6N3O5. The number of carbonyl (C=O) groups is 4. The van der Waals surface area contributed by atoms with Gasteiger partial charge in [-0.25, -0.2) is 4.79 Å². The fourth-order valence-electron chi connectivity index (χ4n) is 1.47. The molecule has 8 nitrogen and oxygen atoms in total. The summed E-state index contributed by atoms with van der Waals surface area (Å²) < 4.78 is 71.6. The lowest BCUT2D eigenvalue weighted by molar-refractivity contribution is -0.193. The lowest BCUT2D eigenvalue weighted by atomic mass is 10.0. The summed E-state index contributed by atoms with van der Waals surface area (Å²) in [5.41, 5.74) is 10.7. The molecule has 1 amide bonds. The van der Waals surface area contributed by atoms with Crippen molar-refractivity contribution in [3.63, 3.8) is 0 Å². The molecule has 0 bridgehead atoms. The number of esters is 1. The Bertz CT molecular complexity index is 539. The van der Waals surface area contributed by atoms with E-state index in [2.05, 4.69) is 10.1 Å². The summed E-state index contributed by atoms with van der Waals surface area (Å²) in [6, 6.07) is -1.45. The van der Waals surface area contributed by atoms with Gasteiger partial charge < -0.3 is 21.5 Å². The highest BCUT2D eigenvalue weighted by molar-refractivity contribution is 6.41. The van der Waals surface area contributed by atoms with Crippen molar-refractivity contribution < 1.29 is 50.3 Å². The molecule has 0 radical (unpaired) electrons. The van der Waals surface area contributed by atoms with Gasteiger partial charge in [-0.1, -0.05) is 13.8 Å². The number of alkyl halides is 6. The van der Waals surface area contributed by atoms with Gasteiger partial charge in [0.2, 0.25) is 5.91 Å². The number of nitrogens with one attached hydrogen (secondary N) is 1. The van der Waals surface area contributed by atoms with Gasteiger partial charge in [-0.05, 0) is 12.3 Å². The number of rotatable bonds is 7. The van der Waals surface area contributed by atoms with Crippen LogP contribution in [-0.2, 0) is 23.9 Å². The van der Waals surface area contributed by atoms with E-state index in [4.69, 9.17) is 11.5 Å². The molecule has 0 heterocycles. The molecule has 0 aliphatic heterocycles. The number of amides is 1. The summed E-state index contributed by atoms with van der Waals surface area (Å²) in [6.45, 7) is 3.94. The quantitative estimate of drug-likeness (QED) is 0.301. The van der Waals surface area contributed by atoms with E-state index >= 15 is 0 Å². The highest BCUT2D eigenvalue weighted by Gasteiger charge is 2.54. The third-order valence-electron chi connectivity index (χ3n) is 2.82. The number of methoxy groups -OCH3 is 1.